The first kappa shape index (κ1) is 19.2. The van der Waals surface area contributed by atoms with E-state index >= 15 is 0 Å². The highest BCUT2D eigenvalue weighted by molar-refractivity contribution is 7.89. The van der Waals surface area contributed by atoms with Gasteiger partial charge in [-0.25, -0.2) is 8.42 Å². The summed E-state index contributed by atoms with van der Waals surface area (Å²) in [4.78, 5) is 21.9. The van der Waals surface area contributed by atoms with Crippen LogP contribution in [-0.2, 0) is 19.6 Å². The van der Waals surface area contributed by atoms with E-state index < -0.39 is 27.9 Å². The highest BCUT2D eigenvalue weighted by Gasteiger charge is 2.27. The van der Waals surface area contributed by atoms with Gasteiger partial charge in [0.2, 0.25) is 21.8 Å². The molecule has 23 heavy (non-hydrogen) atoms. The van der Waals surface area contributed by atoms with Gasteiger partial charge in [0.05, 0.1) is 7.11 Å². The lowest BCUT2D eigenvalue weighted by Gasteiger charge is -2.17. The number of nitrogens with two attached hydrogens (primary N) is 2. The monoisotopic (exact) mass is 363 g/mol. The fourth-order valence-corrected chi connectivity index (χ4v) is 3.45. The van der Waals surface area contributed by atoms with Crippen LogP contribution in [0.1, 0.15) is 18.4 Å². The second kappa shape index (κ2) is 7.62. The molecule has 128 valence electrons. The number of carbonyl (C=O) groups is 2. The SMILES string of the molecule is COc1cc(C)c(Cl)cc1S(=O)(=O)N[C@@H](CCC(N)=O)C(N)=O. The third kappa shape index (κ3) is 5.08. The molecule has 10 heteroatoms. The molecule has 1 aromatic carbocycles. The maximum Gasteiger partial charge on any atom is 0.245 e. The number of primary amides is 2. The van der Waals surface area contributed by atoms with Crippen LogP contribution in [0, 0.1) is 6.92 Å². The van der Waals surface area contributed by atoms with Gasteiger partial charge >= 0.3 is 0 Å². The van der Waals surface area contributed by atoms with E-state index in [1.165, 1.54) is 19.2 Å². The lowest BCUT2D eigenvalue weighted by molar-refractivity contribution is -0.120. The van der Waals surface area contributed by atoms with Crippen molar-refractivity contribution in [3.05, 3.63) is 22.7 Å². The summed E-state index contributed by atoms with van der Waals surface area (Å²) in [6.45, 7) is 1.69. The molecule has 1 aromatic rings. The Kier molecular flexibility index (Phi) is 6.37. The van der Waals surface area contributed by atoms with E-state index in [4.69, 9.17) is 27.8 Å². The van der Waals surface area contributed by atoms with Crippen molar-refractivity contribution < 1.29 is 22.7 Å². The summed E-state index contributed by atoms with van der Waals surface area (Å²) in [5.41, 5.74) is 10.8. The highest BCUT2D eigenvalue weighted by Crippen LogP contribution is 2.30. The number of hydrogen-bond donors (Lipinski definition) is 3. The van der Waals surface area contributed by atoms with Gasteiger partial charge in [-0.1, -0.05) is 11.6 Å². The molecule has 2 amide bonds. The Balaban J connectivity index is 3.17. The molecule has 0 aliphatic carbocycles. The lowest BCUT2D eigenvalue weighted by atomic mass is 10.1. The Morgan fingerprint density at radius 2 is 1.96 bits per heavy atom. The Morgan fingerprint density at radius 3 is 2.43 bits per heavy atom. The second-order valence-corrected chi connectivity index (χ2v) is 6.92. The fourth-order valence-electron chi connectivity index (χ4n) is 1.80. The van der Waals surface area contributed by atoms with E-state index in [2.05, 4.69) is 4.72 Å². The minimum atomic E-state index is -4.15. The number of nitrogens with one attached hydrogen (secondary N) is 1. The van der Waals surface area contributed by atoms with Crippen LogP contribution in [0.4, 0.5) is 0 Å². The van der Waals surface area contributed by atoms with Crippen molar-refractivity contribution in [3.63, 3.8) is 0 Å². The minimum Gasteiger partial charge on any atom is -0.495 e. The number of amides is 2. The van der Waals surface area contributed by atoms with Gasteiger partial charge in [0.15, 0.2) is 0 Å². The summed E-state index contributed by atoms with van der Waals surface area (Å²) in [6.07, 6.45) is -0.340. The average Bonchev–Trinajstić information content (AvgIpc) is 2.45. The molecule has 0 unspecified atom stereocenters. The fraction of sp³-hybridized carbons (Fsp3) is 0.385. The van der Waals surface area contributed by atoms with Gasteiger partial charge in [-0.15, -0.1) is 0 Å². The first-order valence-corrected chi connectivity index (χ1v) is 8.38. The molecule has 0 fully saturated rings. The van der Waals surface area contributed by atoms with Gasteiger partial charge in [-0.3, -0.25) is 9.59 Å². The molecular weight excluding hydrogens is 346 g/mol. The minimum absolute atomic E-state index is 0.0671. The summed E-state index contributed by atoms with van der Waals surface area (Å²) < 4.78 is 32.1. The quantitative estimate of drug-likeness (QED) is 0.598. The van der Waals surface area contributed by atoms with Gasteiger partial charge in [0.1, 0.15) is 16.7 Å². The molecule has 1 rings (SSSR count). The lowest BCUT2D eigenvalue weighted by Crippen LogP contribution is -2.44. The number of ether oxygens (including phenoxy) is 1. The maximum atomic E-state index is 12.5. The van der Waals surface area contributed by atoms with Crippen LogP contribution in [0.15, 0.2) is 17.0 Å². The number of sulfonamides is 1. The number of aryl methyl sites for hydroxylation is 1. The molecule has 0 saturated carbocycles. The Morgan fingerprint density at radius 1 is 1.35 bits per heavy atom. The Labute approximate surface area is 139 Å². The molecular formula is C13H18ClN3O5S. The van der Waals surface area contributed by atoms with E-state index in [0.29, 0.717) is 5.56 Å². The van der Waals surface area contributed by atoms with Crippen molar-refractivity contribution in [1.29, 1.82) is 0 Å². The number of benzene rings is 1. The molecule has 0 saturated heterocycles. The molecule has 0 aromatic heterocycles. The molecule has 0 spiro atoms. The van der Waals surface area contributed by atoms with Crippen molar-refractivity contribution in [2.24, 2.45) is 11.5 Å². The molecule has 0 bridgehead atoms. The van der Waals surface area contributed by atoms with Crippen LogP contribution >= 0.6 is 11.6 Å². The molecule has 0 aliphatic heterocycles. The van der Waals surface area contributed by atoms with Crippen molar-refractivity contribution >= 4 is 33.4 Å². The molecule has 0 radical (unpaired) electrons. The molecule has 8 nitrogen and oxygen atoms in total. The molecule has 5 N–H and O–H groups in total. The van der Waals surface area contributed by atoms with Crippen molar-refractivity contribution in [3.8, 4) is 5.75 Å². The predicted octanol–water partition coefficient (Wildman–Crippen LogP) is 0.0547. The van der Waals surface area contributed by atoms with E-state index in [-0.39, 0.29) is 28.5 Å². The summed E-state index contributed by atoms with van der Waals surface area (Å²) in [7, 11) is -2.84. The topological polar surface area (TPSA) is 142 Å². The average molecular weight is 364 g/mol. The van der Waals surface area contributed by atoms with Gasteiger partial charge in [0.25, 0.3) is 0 Å². The maximum absolute atomic E-state index is 12.5. The van der Waals surface area contributed by atoms with Crippen molar-refractivity contribution in [1.82, 2.24) is 4.72 Å². The van der Waals surface area contributed by atoms with E-state index in [1.54, 1.807) is 6.92 Å². The highest BCUT2D eigenvalue weighted by atomic mass is 35.5. The summed E-state index contributed by atoms with van der Waals surface area (Å²) in [6, 6.07) is 1.39. The zero-order chi connectivity index (χ0) is 17.8. The normalized spacial score (nSPS) is 12.7. The van der Waals surface area contributed by atoms with E-state index in [1.807, 2.05) is 0 Å². The third-order valence-corrected chi connectivity index (χ3v) is 4.95. The largest absolute Gasteiger partial charge is 0.495 e. The van der Waals surface area contributed by atoms with Gasteiger partial charge in [-0.2, -0.15) is 4.72 Å². The van der Waals surface area contributed by atoms with E-state index in [9.17, 15) is 18.0 Å². The molecule has 1 atom stereocenters. The zero-order valence-electron chi connectivity index (χ0n) is 12.6. The van der Waals surface area contributed by atoms with Crippen LogP contribution < -0.4 is 20.9 Å². The number of carbonyl (C=O) groups excluding carboxylic acids is 2. The summed E-state index contributed by atoms with van der Waals surface area (Å²) >= 11 is 5.95. The molecule has 0 heterocycles. The van der Waals surface area contributed by atoms with E-state index in [0.717, 1.165) is 0 Å². The molecule has 0 aliphatic rings. The Hall–Kier alpha value is -1.84. The third-order valence-electron chi connectivity index (χ3n) is 3.05. The van der Waals surface area contributed by atoms with Crippen LogP contribution in [0.2, 0.25) is 5.02 Å². The number of hydrogen-bond acceptors (Lipinski definition) is 5. The summed E-state index contributed by atoms with van der Waals surface area (Å²) in [5, 5.41) is 0.221. The summed E-state index contributed by atoms with van der Waals surface area (Å²) in [5.74, 6) is -1.53. The van der Waals surface area contributed by atoms with Crippen molar-refractivity contribution in [2.75, 3.05) is 7.11 Å². The van der Waals surface area contributed by atoms with Crippen LogP contribution in [0.5, 0.6) is 5.75 Å². The number of rotatable bonds is 8. The van der Waals surface area contributed by atoms with Crippen LogP contribution in [0.3, 0.4) is 0 Å². The Bertz CT molecular complexity index is 721. The smallest absolute Gasteiger partial charge is 0.245 e. The van der Waals surface area contributed by atoms with Crippen LogP contribution in [0.25, 0.3) is 0 Å². The predicted molar refractivity (Wildman–Crippen MR) is 84.5 cm³/mol. The van der Waals surface area contributed by atoms with Crippen LogP contribution in [-0.4, -0.2) is 33.4 Å². The van der Waals surface area contributed by atoms with Gasteiger partial charge in [0, 0.05) is 11.4 Å². The van der Waals surface area contributed by atoms with Crippen molar-refractivity contribution in [2.45, 2.75) is 30.7 Å². The van der Waals surface area contributed by atoms with Gasteiger partial charge < -0.3 is 16.2 Å². The zero-order valence-corrected chi connectivity index (χ0v) is 14.2. The standard InChI is InChI=1S/C13H18ClN3O5S/c1-7-5-10(22-2)11(6-8(7)14)23(20,21)17-9(13(16)19)3-4-12(15)18/h5-6,9,17H,3-4H2,1-2H3,(H2,15,18)(H2,16,19)/t9-/m0/s1. The second-order valence-electron chi connectivity index (χ2n) is 4.83. The number of halogens is 1. The first-order chi connectivity index (χ1) is 10.6. The first-order valence-electron chi connectivity index (χ1n) is 6.52. The van der Waals surface area contributed by atoms with Gasteiger partial charge in [-0.05, 0) is 31.0 Å². The number of methoxy groups -OCH3 is 1.